The number of cyclic esters (lactones) is 1. The van der Waals surface area contributed by atoms with E-state index >= 15 is 0 Å². The van der Waals surface area contributed by atoms with Crippen LogP contribution in [0.2, 0.25) is 0 Å². The first-order valence-electron chi connectivity index (χ1n) is 9.20. The molecule has 1 heterocycles. The van der Waals surface area contributed by atoms with Gasteiger partial charge in [-0.15, -0.1) is 0 Å². The van der Waals surface area contributed by atoms with Gasteiger partial charge in [-0.1, -0.05) is 45.0 Å². The molecule has 1 aliphatic rings. The number of benzene rings is 2. The monoisotopic (exact) mass is 395 g/mol. The van der Waals surface area contributed by atoms with Gasteiger partial charge in [0.15, 0.2) is 17.2 Å². The maximum Gasteiger partial charge on any atom is 0.363 e. The van der Waals surface area contributed by atoms with Crippen LogP contribution in [-0.2, 0) is 14.9 Å². The van der Waals surface area contributed by atoms with Gasteiger partial charge in [-0.3, -0.25) is 0 Å². The van der Waals surface area contributed by atoms with Crippen molar-refractivity contribution in [1.29, 1.82) is 0 Å². The maximum absolute atomic E-state index is 12.3. The molecular formula is C23H25NO5. The minimum Gasteiger partial charge on any atom is -0.493 e. The molecule has 0 unspecified atom stereocenters. The summed E-state index contributed by atoms with van der Waals surface area (Å²) >= 11 is 0. The number of esters is 1. The number of ether oxygens (including phenoxy) is 4. The molecule has 0 spiro atoms. The molecule has 0 saturated heterocycles. The third kappa shape index (κ3) is 4.26. The largest absolute Gasteiger partial charge is 0.493 e. The van der Waals surface area contributed by atoms with Crippen LogP contribution in [0.1, 0.15) is 37.5 Å². The van der Waals surface area contributed by atoms with Crippen LogP contribution in [0.5, 0.6) is 17.2 Å². The Hall–Kier alpha value is -3.28. The lowest BCUT2D eigenvalue weighted by Gasteiger charge is -2.18. The zero-order chi connectivity index (χ0) is 21.2. The highest BCUT2D eigenvalue weighted by molar-refractivity contribution is 6.13. The van der Waals surface area contributed by atoms with E-state index in [0.717, 1.165) is 5.56 Å². The van der Waals surface area contributed by atoms with Gasteiger partial charge in [-0.25, -0.2) is 9.79 Å². The molecule has 0 atom stereocenters. The topological polar surface area (TPSA) is 66.4 Å². The molecule has 2 aromatic rings. The summed E-state index contributed by atoms with van der Waals surface area (Å²) in [6, 6.07) is 11.4. The Labute approximate surface area is 170 Å². The average molecular weight is 395 g/mol. The molecule has 29 heavy (non-hydrogen) atoms. The second-order valence-corrected chi connectivity index (χ2v) is 7.62. The number of rotatable bonds is 5. The molecule has 0 fully saturated rings. The summed E-state index contributed by atoms with van der Waals surface area (Å²) in [6.45, 7) is 6.47. The first-order valence-corrected chi connectivity index (χ1v) is 9.20. The number of nitrogens with zero attached hydrogens (tertiary/aromatic N) is 1. The van der Waals surface area contributed by atoms with Gasteiger partial charge in [-0.2, -0.15) is 0 Å². The summed E-state index contributed by atoms with van der Waals surface area (Å²) < 4.78 is 21.4. The highest BCUT2D eigenvalue weighted by Crippen LogP contribution is 2.39. The second-order valence-electron chi connectivity index (χ2n) is 7.62. The summed E-state index contributed by atoms with van der Waals surface area (Å²) in [6.07, 6.45) is 1.71. The zero-order valence-electron chi connectivity index (χ0n) is 17.5. The van der Waals surface area contributed by atoms with Crippen LogP contribution < -0.4 is 14.2 Å². The summed E-state index contributed by atoms with van der Waals surface area (Å²) in [5.41, 5.74) is 2.95. The van der Waals surface area contributed by atoms with E-state index in [-0.39, 0.29) is 17.0 Å². The number of hydrogen-bond donors (Lipinski definition) is 0. The summed E-state index contributed by atoms with van der Waals surface area (Å²) in [7, 11) is 4.57. The maximum atomic E-state index is 12.3. The van der Waals surface area contributed by atoms with E-state index in [1.54, 1.807) is 18.2 Å². The van der Waals surface area contributed by atoms with E-state index in [4.69, 9.17) is 18.9 Å². The molecule has 6 heteroatoms. The van der Waals surface area contributed by atoms with Gasteiger partial charge in [0.1, 0.15) is 0 Å². The first-order chi connectivity index (χ1) is 13.8. The van der Waals surface area contributed by atoms with Gasteiger partial charge in [0.25, 0.3) is 0 Å². The number of carbonyl (C=O) groups is 1. The molecule has 3 rings (SSSR count). The molecule has 0 amide bonds. The Balaban J connectivity index is 1.95. The molecule has 152 valence electrons. The Kier molecular flexibility index (Phi) is 5.64. The normalized spacial score (nSPS) is 15.2. The van der Waals surface area contributed by atoms with Crippen molar-refractivity contribution in [3.63, 3.8) is 0 Å². The van der Waals surface area contributed by atoms with E-state index < -0.39 is 5.97 Å². The van der Waals surface area contributed by atoms with Gasteiger partial charge in [0, 0.05) is 5.56 Å². The molecule has 0 N–H and O–H groups in total. The van der Waals surface area contributed by atoms with E-state index in [1.807, 2.05) is 12.1 Å². The molecule has 0 aliphatic carbocycles. The van der Waals surface area contributed by atoms with Crippen LogP contribution in [0.15, 0.2) is 47.1 Å². The van der Waals surface area contributed by atoms with Gasteiger partial charge in [0.05, 0.1) is 21.3 Å². The van der Waals surface area contributed by atoms with Crippen molar-refractivity contribution in [2.75, 3.05) is 21.3 Å². The average Bonchev–Trinajstić information content (AvgIpc) is 3.06. The van der Waals surface area contributed by atoms with Crippen molar-refractivity contribution in [2.45, 2.75) is 26.2 Å². The molecular weight excluding hydrogens is 370 g/mol. The van der Waals surface area contributed by atoms with Gasteiger partial charge < -0.3 is 18.9 Å². The Morgan fingerprint density at radius 1 is 0.931 bits per heavy atom. The molecule has 0 saturated carbocycles. The highest BCUT2D eigenvalue weighted by Gasteiger charge is 2.26. The van der Waals surface area contributed by atoms with Crippen LogP contribution >= 0.6 is 0 Å². The second kappa shape index (κ2) is 7.99. The molecule has 1 aliphatic heterocycles. The lowest BCUT2D eigenvalue weighted by atomic mass is 9.87. The van der Waals surface area contributed by atoms with Crippen LogP contribution in [-0.4, -0.2) is 33.2 Å². The number of aliphatic imine (C=N–C) groups is 1. The SMILES string of the molecule is COc1cc(C2=N/C(=C/c3ccc(C(C)(C)C)cc3)C(=O)O2)cc(OC)c1OC. The van der Waals surface area contributed by atoms with Crippen molar-refractivity contribution >= 4 is 17.9 Å². The number of carbonyl (C=O) groups excluding carboxylic acids is 1. The quantitative estimate of drug-likeness (QED) is 0.556. The molecule has 6 nitrogen and oxygen atoms in total. The smallest absolute Gasteiger partial charge is 0.363 e. The minimum absolute atomic E-state index is 0.0652. The number of methoxy groups -OCH3 is 3. The molecule has 0 bridgehead atoms. The lowest BCUT2D eigenvalue weighted by molar-refractivity contribution is -0.129. The predicted molar refractivity (Wildman–Crippen MR) is 112 cm³/mol. The minimum atomic E-state index is -0.506. The predicted octanol–water partition coefficient (Wildman–Crippen LogP) is 4.35. The summed E-state index contributed by atoms with van der Waals surface area (Å²) in [5.74, 6) is 1.05. The van der Waals surface area contributed by atoms with Crippen LogP contribution in [0.3, 0.4) is 0 Å². The lowest BCUT2D eigenvalue weighted by Crippen LogP contribution is -2.10. The Morgan fingerprint density at radius 2 is 1.52 bits per heavy atom. The Morgan fingerprint density at radius 3 is 2.00 bits per heavy atom. The van der Waals surface area contributed by atoms with E-state index in [0.29, 0.717) is 22.8 Å². The fourth-order valence-corrected chi connectivity index (χ4v) is 2.97. The van der Waals surface area contributed by atoms with E-state index in [2.05, 4.69) is 37.9 Å². The van der Waals surface area contributed by atoms with Crippen molar-refractivity contribution in [3.05, 3.63) is 58.8 Å². The van der Waals surface area contributed by atoms with Crippen molar-refractivity contribution in [1.82, 2.24) is 0 Å². The van der Waals surface area contributed by atoms with Crippen LogP contribution in [0.4, 0.5) is 0 Å². The van der Waals surface area contributed by atoms with Gasteiger partial charge in [-0.05, 0) is 34.8 Å². The first kappa shape index (κ1) is 20.5. The molecule has 0 radical (unpaired) electrons. The summed E-state index contributed by atoms with van der Waals surface area (Å²) in [5, 5.41) is 0. The Bertz CT molecular complexity index is 956. The van der Waals surface area contributed by atoms with Gasteiger partial charge in [0.2, 0.25) is 11.6 Å². The molecule has 0 aromatic heterocycles. The van der Waals surface area contributed by atoms with E-state index in [1.165, 1.54) is 26.9 Å². The molecule has 2 aromatic carbocycles. The van der Waals surface area contributed by atoms with Crippen molar-refractivity contribution in [2.24, 2.45) is 4.99 Å². The van der Waals surface area contributed by atoms with Crippen LogP contribution in [0.25, 0.3) is 6.08 Å². The van der Waals surface area contributed by atoms with E-state index in [9.17, 15) is 4.79 Å². The number of hydrogen-bond acceptors (Lipinski definition) is 6. The third-order valence-corrected chi connectivity index (χ3v) is 4.61. The van der Waals surface area contributed by atoms with Crippen molar-refractivity contribution in [3.8, 4) is 17.2 Å². The zero-order valence-corrected chi connectivity index (χ0v) is 17.5. The summed E-state index contributed by atoms with van der Waals surface area (Å²) in [4.78, 5) is 16.7. The fourth-order valence-electron chi connectivity index (χ4n) is 2.97. The third-order valence-electron chi connectivity index (χ3n) is 4.61. The van der Waals surface area contributed by atoms with Gasteiger partial charge >= 0.3 is 5.97 Å². The standard InChI is InChI=1S/C23H25NO5/c1-23(2,3)16-9-7-14(8-10-16)11-17-22(25)29-21(24-17)15-12-18(26-4)20(28-6)19(13-15)27-5/h7-13H,1-6H3/b17-11+. The highest BCUT2D eigenvalue weighted by atomic mass is 16.6. The fraction of sp³-hybridized carbons (Fsp3) is 0.304. The van der Waals surface area contributed by atoms with Crippen LogP contribution in [0, 0.1) is 0 Å². The van der Waals surface area contributed by atoms with Crippen molar-refractivity contribution < 1.29 is 23.7 Å².